The molecule has 0 fully saturated rings. The van der Waals surface area contributed by atoms with Crippen LogP contribution in [0.1, 0.15) is 73.1 Å². The lowest BCUT2D eigenvalue weighted by molar-refractivity contribution is 0.194. The zero-order valence-electron chi connectivity index (χ0n) is 13.1. The monoisotopic (exact) mass is 252 g/mol. The molecule has 1 atom stereocenters. The molecule has 0 aromatic heterocycles. The second-order valence-corrected chi connectivity index (χ2v) is 6.10. The summed E-state index contributed by atoms with van der Waals surface area (Å²) in [7, 11) is 0. The Kier molecular flexibility index (Phi) is 9.10. The third-order valence-corrected chi connectivity index (χ3v) is 3.81. The highest BCUT2D eigenvalue weighted by atomic mass is 15.1. The smallest absolute Gasteiger partial charge is 0.0683 e. The topological polar surface area (TPSA) is 27.0 Å². The van der Waals surface area contributed by atoms with Crippen LogP contribution < -0.4 is 0 Å². The predicted molar refractivity (Wildman–Crippen MR) is 79.5 cm³/mol. The molecule has 0 saturated heterocycles. The molecule has 0 saturated carbocycles. The Labute approximate surface area is 114 Å². The van der Waals surface area contributed by atoms with Gasteiger partial charge in [-0.2, -0.15) is 5.26 Å². The molecule has 2 nitrogen and oxygen atoms in total. The Hall–Kier alpha value is -0.550. The molecule has 0 aliphatic carbocycles. The van der Waals surface area contributed by atoms with Crippen molar-refractivity contribution in [2.24, 2.45) is 5.41 Å². The largest absolute Gasteiger partial charge is 0.301 e. The van der Waals surface area contributed by atoms with Gasteiger partial charge in [0.2, 0.25) is 0 Å². The van der Waals surface area contributed by atoms with Crippen LogP contribution in [0.2, 0.25) is 0 Å². The summed E-state index contributed by atoms with van der Waals surface area (Å²) in [5, 5.41) is 8.98. The summed E-state index contributed by atoms with van der Waals surface area (Å²) >= 11 is 0. The first-order valence-electron chi connectivity index (χ1n) is 7.62. The van der Waals surface area contributed by atoms with Gasteiger partial charge in [0.15, 0.2) is 0 Å². The lowest BCUT2D eigenvalue weighted by Crippen LogP contribution is -2.34. The van der Waals surface area contributed by atoms with Crippen molar-refractivity contribution in [1.29, 1.82) is 5.26 Å². The number of nitriles is 1. The maximum atomic E-state index is 8.98. The summed E-state index contributed by atoms with van der Waals surface area (Å²) in [6, 6.07) is 3.08. The standard InChI is InChI=1S/C16H32N2/c1-6-8-12-18(15(3)7-2)13-10-9-11-16(4,5)14-17/h15H,6-13H2,1-5H3. The van der Waals surface area contributed by atoms with Gasteiger partial charge in [0.1, 0.15) is 0 Å². The normalized spacial score (nSPS) is 13.6. The van der Waals surface area contributed by atoms with Gasteiger partial charge in [-0.3, -0.25) is 0 Å². The molecule has 18 heavy (non-hydrogen) atoms. The van der Waals surface area contributed by atoms with Crippen LogP contribution in [0.4, 0.5) is 0 Å². The van der Waals surface area contributed by atoms with Gasteiger partial charge in [0.25, 0.3) is 0 Å². The fourth-order valence-corrected chi connectivity index (χ4v) is 2.11. The molecule has 0 radical (unpaired) electrons. The van der Waals surface area contributed by atoms with Crippen molar-refractivity contribution < 1.29 is 0 Å². The molecule has 0 spiro atoms. The summed E-state index contributed by atoms with van der Waals surface area (Å²) in [5.74, 6) is 0. The average Bonchev–Trinajstić information content (AvgIpc) is 2.37. The second kappa shape index (κ2) is 9.39. The highest BCUT2D eigenvalue weighted by molar-refractivity contribution is 4.91. The fourth-order valence-electron chi connectivity index (χ4n) is 2.11. The van der Waals surface area contributed by atoms with Crippen molar-refractivity contribution >= 4 is 0 Å². The van der Waals surface area contributed by atoms with E-state index in [1.54, 1.807) is 0 Å². The number of hydrogen-bond acceptors (Lipinski definition) is 2. The van der Waals surface area contributed by atoms with Crippen molar-refractivity contribution in [3.8, 4) is 6.07 Å². The summed E-state index contributed by atoms with van der Waals surface area (Å²) in [5.41, 5.74) is -0.148. The first-order chi connectivity index (χ1) is 8.46. The van der Waals surface area contributed by atoms with Crippen molar-refractivity contribution in [2.75, 3.05) is 13.1 Å². The summed E-state index contributed by atoms with van der Waals surface area (Å²) in [4.78, 5) is 2.61. The van der Waals surface area contributed by atoms with E-state index in [2.05, 4.69) is 31.7 Å². The first kappa shape index (κ1) is 17.4. The van der Waals surface area contributed by atoms with Crippen molar-refractivity contribution in [1.82, 2.24) is 4.90 Å². The van der Waals surface area contributed by atoms with E-state index in [1.165, 1.54) is 45.2 Å². The van der Waals surface area contributed by atoms with Crippen LogP contribution in [0, 0.1) is 16.7 Å². The Balaban J connectivity index is 3.93. The molecule has 0 aromatic carbocycles. The maximum Gasteiger partial charge on any atom is 0.0683 e. The molecule has 0 aliphatic heterocycles. The summed E-state index contributed by atoms with van der Waals surface area (Å²) in [6.07, 6.45) is 7.21. The summed E-state index contributed by atoms with van der Waals surface area (Å²) < 4.78 is 0. The fraction of sp³-hybridized carbons (Fsp3) is 0.938. The van der Waals surface area contributed by atoms with Crippen LogP contribution in [0.15, 0.2) is 0 Å². The van der Waals surface area contributed by atoms with Gasteiger partial charge < -0.3 is 4.90 Å². The molecular formula is C16H32N2. The molecule has 0 rings (SSSR count). The van der Waals surface area contributed by atoms with Crippen molar-refractivity contribution in [2.45, 2.75) is 79.2 Å². The first-order valence-corrected chi connectivity index (χ1v) is 7.62. The third kappa shape index (κ3) is 7.71. The van der Waals surface area contributed by atoms with Gasteiger partial charge in [-0.25, -0.2) is 0 Å². The van der Waals surface area contributed by atoms with E-state index in [-0.39, 0.29) is 5.41 Å². The Morgan fingerprint density at radius 3 is 2.22 bits per heavy atom. The lowest BCUT2D eigenvalue weighted by atomic mass is 9.89. The minimum Gasteiger partial charge on any atom is -0.301 e. The van der Waals surface area contributed by atoms with E-state index in [4.69, 9.17) is 5.26 Å². The van der Waals surface area contributed by atoms with Crippen molar-refractivity contribution in [3.05, 3.63) is 0 Å². The maximum absolute atomic E-state index is 8.98. The van der Waals surface area contributed by atoms with E-state index in [0.29, 0.717) is 6.04 Å². The lowest BCUT2D eigenvalue weighted by Gasteiger charge is -2.28. The summed E-state index contributed by atoms with van der Waals surface area (Å²) in [6.45, 7) is 13.3. The van der Waals surface area contributed by atoms with E-state index in [9.17, 15) is 0 Å². The average molecular weight is 252 g/mol. The molecule has 0 amide bonds. The minimum absolute atomic E-state index is 0.148. The van der Waals surface area contributed by atoms with Crippen LogP contribution in [-0.4, -0.2) is 24.0 Å². The predicted octanol–water partition coefficient (Wildman–Crippen LogP) is 4.61. The van der Waals surface area contributed by atoms with Crippen LogP contribution in [-0.2, 0) is 0 Å². The van der Waals surface area contributed by atoms with E-state index in [1.807, 2.05) is 13.8 Å². The van der Waals surface area contributed by atoms with Gasteiger partial charge >= 0.3 is 0 Å². The zero-order valence-corrected chi connectivity index (χ0v) is 13.1. The third-order valence-electron chi connectivity index (χ3n) is 3.81. The molecule has 0 aromatic rings. The minimum atomic E-state index is -0.148. The van der Waals surface area contributed by atoms with E-state index in [0.717, 1.165) is 6.42 Å². The second-order valence-electron chi connectivity index (χ2n) is 6.10. The quantitative estimate of drug-likeness (QED) is 0.531. The Bertz CT molecular complexity index is 240. The van der Waals surface area contributed by atoms with Crippen molar-refractivity contribution in [3.63, 3.8) is 0 Å². The van der Waals surface area contributed by atoms with E-state index >= 15 is 0 Å². The zero-order chi connectivity index (χ0) is 14.0. The Morgan fingerprint density at radius 2 is 1.72 bits per heavy atom. The Morgan fingerprint density at radius 1 is 1.11 bits per heavy atom. The molecule has 0 bridgehead atoms. The molecule has 0 heterocycles. The molecule has 0 aliphatic rings. The van der Waals surface area contributed by atoms with Crippen LogP contribution in [0.3, 0.4) is 0 Å². The molecule has 0 N–H and O–H groups in total. The number of rotatable bonds is 10. The van der Waals surface area contributed by atoms with Crippen LogP contribution in [0.25, 0.3) is 0 Å². The molecule has 2 heteroatoms. The molecule has 1 unspecified atom stereocenters. The molecular weight excluding hydrogens is 220 g/mol. The van der Waals surface area contributed by atoms with Gasteiger partial charge in [-0.1, -0.05) is 26.7 Å². The number of unbranched alkanes of at least 4 members (excludes halogenated alkanes) is 2. The van der Waals surface area contributed by atoms with Gasteiger partial charge in [-0.05, 0) is 59.5 Å². The van der Waals surface area contributed by atoms with Gasteiger partial charge in [-0.15, -0.1) is 0 Å². The highest BCUT2D eigenvalue weighted by Gasteiger charge is 2.16. The van der Waals surface area contributed by atoms with Gasteiger partial charge in [0, 0.05) is 6.04 Å². The highest BCUT2D eigenvalue weighted by Crippen LogP contribution is 2.22. The number of hydrogen-bond donors (Lipinski definition) is 0. The van der Waals surface area contributed by atoms with Crippen LogP contribution in [0.5, 0.6) is 0 Å². The molecule has 106 valence electrons. The van der Waals surface area contributed by atoms with Crippen LogP contribution >= 0.6 is 0 Å². The number of nitrogens with zero attached hydrogens (tertiary/aromatic N) is 2. The van der Waals surface area contributed by atoms with E-state index < -0.39 is 0 Å². The SMILES string of the molecule is CCCCN(CCCCC(C)(C)C#N)C(C)CC. The van der Waals surface area contributed by atoms with Gasteiger partial charge in [0.05, 0.1) is 11.5 Å².